The molecule has 0 radical (unpaired) electrons. The normalized spacial score (nSPS) is 10.9. The zero-order valence-electron chi connectivity index (χ0n) is 19.1. The van der Waals surface area contributed by atoms with Gasteiger partial charge in [-0.3, -0.25) is 4.79 Å². The van der Waals surface area contributed by atoms with Crippen LogP contribution in [0.4, 0.5) is 0 Å². The molecule has 0 aliphatic carbocycles. The van der Waals surface area contributed by atoms with Gasteiger partial charge in [0.15, 0.2) is 0 Å². The Balaban J connectivity index is 0.000000571. The number of nitrogens with zero attached hydrogens (tertiary/aromatic N) is 1. The number of carbonyl (C=O) groups is 2. The minimum atomic E-state index is -1.15. The summed E-state index contributed by atoms with van der Waals surface area (Å²) in [6.07, 6.45) is 11.1. The number of carboxylic acids is 1. The Morgan fingerprint density at radius 1 is 0.759 bits per heavy atom. The third-order valence-corrected chi connectivity index (χ3v) is 5.37. The first kappa shape index (κ1) is 27.1. The number of hydrogen-bond donors (Lipinski definition) is 2. The number of hydrogen-bond acceptors (Lipinski definition) is 2. The summed E-state index contributed by atoms with van der Waals surface area (Å²) in [4.78, 5) is 21.2. The van der Waals surface area contributed by atoms with Crippen LogP contribution in [0.15, 0.2) is 24.3 Å². The molecule has 29 heavy (non-hydrogen) atoms. The van der Waals surface area contributed by atoms with E-state index >= 15 is 0 Å². The van der Waals surface area contributed by atoms with Gasteiger partial charge in [0.2, 0.25) is 5.91 Å². The van der Waals surface area contributed by atoms with E-state index in [4.69, 9.17) is 10.8 Å². The number of carboxylic acid groups (broad SMARTS) is 1. The number of amides is 1. The number of quaternary nitrogens is 1. The predicted octanol–water partition coefficient (Wildman–Crippen LogP) is 5.49. The zero-order valence-corrected chi connectivity index (χ0v) is 19.1. The lowest BCUT2D eigenvalue weighted by Gasteiger charge is -2.39. The van der Waals surface area contributed by atoms with Crippen molar-refractivity contribution in [3.63, 3.8) is 0 Å². The van der Waals surface area contributed by atoms with Gasteiger partial charge >= 0.3 is 5.97 Å². The van der Waals surface area contributed by atoms with E-state index in [9.17, 15) is 9.59 Å². The smallest absolute Gasteiger partial charge is 0.336 e. The van der Waals surface area contributed by atoms with Crippen LogP contribution in [-0.2, 0) is 0 Å². The molecule has 3 N–H and O–H groups in total. The van der Waals surface area contributed by atoms with Crippen molar-refractivity contribution in [2.75, 3.05) is 26.2 Å². The van der Waals surface area contributed by atoms with Crippen LogP contribution in [0, 0.1) is 0 Å². The van der Waals surface area contributed by atoms with E-state index in [1.807, 2.05) is 0 Å². The third kappa shape index (κ3) is 11.0. The molecule has 0 atom stereocenters. The van der Waals surface area contributed by atoms with Crippen molar-refractivity contribution in [1.82, 2.24) is 0 Å². The monoisotopic (exact) mass is 407 g/mol. The minimum Gasteiger partial charge on any atom is -0.478 e. The molecule has 1 amide bonds. The maximum absolute atomic E-state index is 10.7. The van der Waals surface area contributed by atoms with Crippen LogP contribution in [-0.4, -0.2) is 47.6 Å². The number of aromatic carboxylic acids is 1. The van der Waals surface area contributed by atoms with Gasteiger partial charge in [0.1, 0.15) is 0 Å². The molecule has 1 aromatic carbocycles. The molecule has 0 aromatic heterocycles. The Hall–Kier alpha value is -1.88. The van der Waals surface area contributed by atoms with Crippen molar-refractivity contribution in [1.29, 1.82) is 0 Å². The first-order valence-electron chi connectivity index (χ1n) is 11.3. The summed E-state index contributed by atoms with van der Waals surface area (Å²) in [5.41, 5.74) is 4.92. The average Bonchev–Trinajstić information content (AvgIpc) is 2.73. The van der Waals surface area contributed by atoms with Gasteiger partial charge in [0.05, 0.1) is 37.3 Å². The standard InChI is InChI=1S/C16H36N.C8H7NO3/c1-5-9-13-17(14-10-6-2,15-11-7-3)16-12-8-4;9-7(10)5-3-1-2-4-6(5)8(11)12/h5-16H2,1-4H3;1-4H,(H2,9,10)(H,11,12)/q+1;. The summed E-state index contributed by atoms with van der Waals surface area (Å²) in [7, 11) is 0. The molecule has 1 rings (SSSR count). The van der Waals surface area contributed by atoms with Crippen LogP contribution < -0.4 is 5.73 Å². The van der Waals surface area contributed by atoms with Gasteiger partial charge in [-0.2, -0.15) is 0 Å². The highest BCUT2D eigenvalue weighted by molar-refractivity contribution is 6.03. The van der Waals surface area contributed by atoms with Crippen LogP contribution >= 0.6 is 0 Å². The molecule has 0 saturated carbocycles. The fraction of sp³-hybridized carbons (Fsp3) is 0.667. The summed E-state index contributed by atoms with van der Waals surface area (Å²) >= 11 is 0. The molecule has 0 unspecified atom stereocenters. The first-order chi connectivity index (χ1) is 13.9. The Morgan fingerprint density at radius 2 is 1.10 bits per heavy atom. The maximum atomic E-state index is 10.7. The highest BCUT2D eigenvalue weighted by atomic mass is 16.4. The molecule has 0 fully saturated rings. The zero-order chi connectivity index (χ0) is 22.1. The number of carbonyl (C=O) groups excluding carboxylic acids is 1. The Kier molecular flexibility index (Phi) is 14.9. The second-order valence-corrected chi connectivity index (χ2v) is 7.87. The van der Waals surface area contributed by atoms with Crippen molar-refractivity contribution in [2.24, 2.45) is 5.73 Å². The van der Waals surface area contributed by atoms with Crippen molar-refractivity contribution in [2.45, 2.75) is 79.1 Å². The summed E-state index contributed by atoms with van der Waals surface area (Å²) in [5, 5.41) is 8.61. The molecule has 0 bridgehead atoms. The van der Waals surface area contributed by atoms with Crippen LogP contribution in [0.5, 0.6) is 0 Å². The molecule has 0 aliphatic heterocycles. The van der Waals surface area contributed by atoms with Gasteiger partial charge in [0, 0.05) is 0 Å². The fourth-order valence-corrected chi connectivity index (χ4v) is 3.53. The van der Waals surface area contributed by atoms with E-state index in [0.717, 1.165) is 0 Å². The molecule has 0 heterocycles. The van der Waals surface area contributed by atoms with E-state index < -0.39 is 11.9 Å². The van der Waals surface area contributed by atoms with Gasteiger partial charge < -0.3 is 15.3 Å². The van der Waals surface area contributed by atoms with E-state index in [-0.39, 0.29) is 11.1 Å². The van der Waals surface area contributed by atoms with Gasteiger partial charge in [-0.25, -0.2) is 4.79 Å². The van der Waals surface area contributed by atoms with Crippen molar-refractivity contribution >= 4 is 11.9 Å². The summed E-state index contributed by atoms with van der Waals surface area (Å²) in [6.45, 7) is 15.0. The van der Waals surface area contributed by atoms with E-state index in [2.05, 4.69) is 27.7 Å². The number of nitrogens with two attached hydrogens (primary N) is 1. The number of unbranched alkanes of at least 4 members (excludes halogenated alkanes) is 4. The number of benzene rings is 1. The Labute approximate surface area is 177 Å². The summed E-state index contributed by atoms with van der Waals surface area (Å²) in [5.74, 6) is -1.88. The van der Waals surface area contributed by atoms with E-state index in [1.165, 1.54) is 100 Å². The van der Waals surface area contributed by atoms with Crippen molar-refractivity contribution in [3.05, 3.63) is 35.4 Å². The van der Waals surface area contributed by atoms with Gasteiger partial charge in [-0.15, -0.1) is 0 Å². The lowest BCUT2D eigenvalue weighted by atomic mass is 10.1. The molecule has 1 aromatic rings. The SMILES string of the molecule is CCCC[N+](CCCC)(CCCC)CCCC.NC(=O)c1ccccc1C(=O)O. The summed E-state index contributed by atoms with van der Waals surface area (Å²) in [6, 6.07) is 5.82. The lowest BCUT2D eigenvalue weighted by Crippen LogP contribution is -2.50. The largest absolute Gasteiger partial charge is 0.478 e. The van der Waals surface area contributed by atoms with E-state index in [1.54, 1.807) is 6.07 Å². The molecule has 5 heteroatoms. The second-order valence-electron chi connectivity index (χ2n) is 7.87. The van der Waals surface area contributed by atoms with Gasteiger partial charge in [-0.05, 0) is 37.8 Å². The highest BCUT2D eigenvalue weighted by Gasteiger charge is 2.24. The molecule has 0 aliphatic rings. The Morgan fingerprint density at radius 3 is 1.34 bits per heavy atom. The summed E-state index contributed by atoms with van der Waals surface area (Å²) < 4.78 is 1.42. The molecule has 0 saturated heterocycles. The minimum absolute atomic E-state index is 0.0324. The van der Waals surface area contributed by atoms with Crippen LogP contribution in [0.1, 0.15) is 99.8 Å². The quantitative estimate of drug-likeness (QED) is 0.400. The second kappa shape index (κ2) is 16.0. The maximum Gasteiger partial charge on any atom is 0.336 e. The van der Waals surface area contributed by atoms with E-state index in [0.29, 0.717) is 0 Å². The van der Waals surface area contributed by atoms with Crippen LogP contribution in [0.25, 0.3) is 0 Å². The van der Waals surface area contributed by atoms with Crippen molar-refractivity contribution < 1.29 is 19.2 Å². The number of primary amides is 1. The molecule has 166 valence electrons. The molecule has 0 spiro atoms. The molecule has 5 nitrogen and oxygen atoms in total. The highest BCUT2D eigenvalue weighted by Crippen LogP contribution is 2.16. The average molecular weight is 408 g/mol. The predicted molar refractivity (Wildman–Crippen MR) is 121 cm³/mol. The van der Waals surface area contributed by atoms with Crippen LogP contribution in [0.3, 0.4) is 0 Å². The first-order valence-corrected chi connectivity index (χ1v) is 11.3. The topological polar surface area (TPSA) is 80.4 Å². The fourth-order valence-electron chi connectivity index (χ4n) is 3.53. The van der Waals surface area contributed by atoms with Crippen LogP contribution in [0.2, 0.25) is 0 Å². The lowest BCUT2D eigenvalue weighted by molar-refractivity contribution is -0.929. The van der Waals surface area contributed by atoms with Gasteiger partial charge in [-0.1, -0.05) is 65.5 Å². The molecular formula is C24H43N2O3+. The number of rotatable bonds is 14. The Bertz CT molecular complexity index is 517. The van der Waals surface area contributed by atoms with Crippen molar-refractivity contribution in [3.8, 4) is 0 Å². The van der Waals surface area contributed by atoms with Gasteiger partial charge in [0.25, 0.3) is 0 Å². The molecular weight excluding hydrogens is 364 g/mol. The third-order valence-electron chi connectivity index (χ3n) is 5.37.